The zero-order chi connectivity index (χ0) is 30.4. The molecule has 0 fully saturated rings. The predicted molar refractivity (Wildman–Crippen MR) is 164 cm³/mol. The number of aromatic nitrogens is 3. The van der Waals surface area contributed by atoms with E-state index in [4.69, 9.17) is 27.9 Å². The van der Waals surface area contributed by atoms with E-state index < -0.39 is 17.2 Å². The summed E-state index contributed by atoms with van der Waals surface area (Å²) in [5, 5.41) is 2.80. The van der Waals surface area contributed by atoms with Crippen molar-refractivity contribution < 1.29 is 9.53 Å². The Morgan fingerprint density at radius 2 is 1.76 bits per heavy atom. The van der Waals surface area contributed by atoms with E-state index >= 15 is 0 Å². The number of nitrogens with zero attached hydrogens (tertiary/aromatic N) is 3. The van der Waals surface area contributed by atoms with Crippen LogP contribution in [0.3, 0.4) is 0 Å². The van der Waals surface area contributed by atoms with Gasteiger partial charge < -0.3 is 14.6 Å². The van der Waals surface area contributed by atoms with Gasteiger partial charge in [-0.2, -0.15) is 0 Å². The van der Waals surface area contributed by atoms with E-state index in [-0.39, 0.29) is 41.7 Å². The lowest BCUT2D eigenvalue weighted by Gasteiger charge is -2.13. The predicted octanol–water partition coefficient (Wildman–Crippen LogP) is 4.00. The number of anilines is 1. The summed E-state index contributed by atoms with van der Waals surface area (Å²) in [4.78, 5) is 50.7. The van der Waals surface area contributed by atoms with Gasteiger partial charge in [0.05, 0.1) is 20.2 Å². The first-order valence-electron chi connectivity index (χ1n) is 12.9. The van der Waals surface area contributed by atoms with Gasteiger partial charge in [0.2, 0.25) is 5.91 Å². The van der Waals surface area contributed by atoms with E-state index in [0.717, 1.165) is 20.3 Å². The smallest absolute Gasteiger partial charge is 0.332 e. The number of pyridine rings is 1. The number of hydrogen-bond acceptors (Lipinski definition) is 5. The number of amides is 1. The SMILES string of the molecule is COc1cccn(Cc2cc(C#CCn3c(Cl)c(NC(=O)CCc4ccc(C)cc4)c(=O)n(C)c3=O)ccc2Cl)c1=O. The number of aryl methyl sites for hydroxylation is 2. The summed E-state index contributed by atoms with van der Waals surface area (Å²) < 4.78 is 8.55. The molecule has 0 spiro atoms. The van der Waals surface area contributed by atoms with Gasteiger partial charge in [-0.15, -0.1) is 0 Å². The second kappa shape index (κ2) is 13.4. The fraction of sp³-hybridized carbons (Fsp3) is 0.226. The molecule has 4 rings (SSSR count). The van der Waals surface area contributed by atoms with Crippen LogP contribution in [0.5, 0.6) is 5.75 Å². The summed E-state index contributed by atoms with van der Waals surface area (Å²) in [6.07, 6.45) is 2.24. The molecule has 0 atom stereocenters. The van der Waals surface area contributed by atoms with Crippen LogP contribution in [-0.2, 0) is 31.4 Å². The van der Waals surface area contributed by atoms with Crippen LogP contribution < -0.4 is 26.9 Å². The number of rotatable bonds is 8. The van der Waals surface area contributed by atoms with Crippen LogP contribution in [0, 0.1) is 18.8 Å². The van der Waals surface area contributed by atoms with E-state index in [1.807, 2.05) is 31.2 Å². The Kier molecular flexibility index (Phi) is 9.73. The number of ether oxygens (including phenoxy) is 1. The summed E-state index contributed by atoms with van der Waals surface area (Å²) in [6.45, 7) is 2.03. The molecule has 0 saturated carbocycles. The molecule has 0 aliphatic carbocycles. The normalized spacial score (nSPS) is 10.6. The number of methoxy groups -OCH3 is 1. The molecule has 11 heteroatoms. The molecular weight excluding hydrogens is 579 g/mol. The molecular formula is C31H28Cl2N4O5. The number of benzene rings is 2. The highest BCUT2D eigenvalue weighted by Gasteiger charge is 2.18. The van der Waals surface area contributed by atoms with Crippen molar-refractivity contribution in [2.24, 2.45) is 7.05 Å². The molecule has 9 nitrogen and oxygen atoms in total. The van der Waals surface area contributed by atoms with Crippen LogP contribution in [0.25, 0.3) is 0 Å². The molecule has 0 aliphatic rings. The topological polar surface area (TPSA) is 104 Å². The molecule has 2 heterocycles. The fourth-order valence-corrected chi connectivity index (χ4v) is 4.61. The van der Waals surface area contributed by atoms with Crippen molar-refractivity contribution in [3.63, 3.8) is 0 Å². The minimum Gasteiger partial charge on any atom is -0.491 e. The second-order valence-electron chi connectivity index (χ2n) is 9.55. The van der Waals surface area contributed by atoms with Crippen molar-refractivity contribution in [3.8, 4) is 17.6 Å². The number of nitrogens with one attached hydrogen (secondary N) is 1. The molecule has 2 aromatic carbocycles. The van der Waals surface area contributed by atoms with Crippen LogP contribution in [-0.4, -0.2) is 26.7 Å². The van der Waals surface area contributed by atoms with Crippen molar-refractivity contribution in [2.75, 3.05) is 12.4 Å². The zero-order valence-corrected chi connectivity index (χ0v) is 24.8. The standard InChI is InChI=1S/C31H28Cl2N4O5/c1-20-8-10-21(11-9-20)13-15-26(38)34-27-28(33)37(31(41)35(2)30(27)40)17-4-6-22-12-14-24(32)23(18-22)19-36-16-5-7-25(42-3)29(36)39/h5,7-12,14,16,18H,13,15,17,19H2,1-3H3,(H,34,38). The van der Waals surface area contributed by atoms with E-state index in [0.29, 0.717) is 22.6 Å². The maximum absolute atomic E-state index is 12.8. The lowest BCUT2D eigenvalue weighted by Crippen LogP contribution is -2.40. The fourth-order valence-electron chi connectivity index (χ4n) is 4.17. The van der Waals surface area contributed by atoms with Gasteiger partial charge in [0.1, 0.15) is 10.8 Å². The van der Waals surface area contributed by atoms with Crippen LogP contribution in [0.2, 0.25) is 10.2 Å². The molecule has 42 heavy (non-hydrogen) atoms. The van der Waals surface area contributed by atoms with Gasteiger partial charge in [0, 0.05) is 30.3 Å². The third kappa shape index (κ3) is 7.03. The van der Waals surface area contributed by atoms with Crippen molar-refractivity contribution in [3.05, 3.63) is 124 Å². The maximum Gasteiger partial charge on any atom is 0.332 e. The largest absolute Gasteiger partial charge is 0.491 e. The zero-order valence-electron chi connectivity index (χ0n) is 23.2. The third-order valence-electron chi connectivity index (χ3n) is 6.57. The molecule has 216 valence electrons. The first kappa shape index (κ1) is 30.4. The summed E-state index contributed by atoms with van der Waals surface area (Å²) in [7, 11) is 2.73. The van der Waals surface area contributed by atoms with Crippen LogP contribution >= 0.6 is 23.2 Å². The first-order chi connectivity index (χ1) is 20.1. The molecule has 0 saturated heterocycles. The van der Waals surface area contributed by atoms with Gasteiger partial charge >= 0.3 is 5.69 Å². The van der Waals surface area contributed by atoms with Crippen LogP contribution in [0.15, 0.2) is 75.2 Å². The van der Waals surface area contributed by atoms with Crippen LogP contribution in [0.4, 0.5) is 5.69 Å². The van der Waals surface area contributed by atoms with Crippen molar-refractivity contribution in [2.45, 2.75) is 32.9 Å². The van der Waals surface area contributed by atoms with Crippen LogP contribution in [0.1, 0.15) is 28.7 Å². The molecule has 2 aromatic heterocycles. The van der Waals surface area contributed by atoms with Gasteiger partial charge in [-0.3, -0.25) is 23.5 Å². The molecule has 1 amide bonds. The molecule has 0 unspecified atom stereocenters. The molecule has 0 bridgehead atoms. The lowest BCUT2D eigenvalue weighted by atomic mass is 10.1. The van der Waals surface area contributed by atoms with Gasteiger partial charge in [-0.05, 0) is 54.8 Å². The third-order valence-corrected chi connectivity index (χ3v) is 7.33. The molecule has 4 aromatic rings. The Labute approximate surface area is 251 Å². The van der Waals surface area contributed by atoms with Gasteiger partial charge in [0.15, 0.2) is 5.75 Å². The van der Waals surface area contributed by atoms with Crippen molar-refractivity contribution in [1.82, 2.24) is 13.7 Å². The van der Waals surface area contributed by atoms with Gasteiger partial charge in [-0.25, -0.2) is 4.79 Å². The Morgan fingerprint density at radius 1 is 1.02 bits per heavy atom. The average Bonchev–Trinajstić information content (AvgIpc) is 2.98. The highest BCUT2D eigenvalue weighted by atomic mass is 35.5. The minimum absolute atomic E-state index is 0.127. The van der Waals surface area contributed by atoms with E-state index in [2.05, 4.69) is 17.2 Å². The van der Waals surface area contributed by atoms with Crippen molar-refractivity contribution >= 4 is 34.8 Å². The van der Waals surface area contributed by atoms with E-state index in [1.165, 1.54) is 18.7 Å². The quantitative estimate of drug-likeness (QED) is 0.241. The van der Waals surface area contributed by atoms with Gasteiger partial charge in [-0.1, -0.05) is 64.9 Å². The summed E-state index contributed by atoms with van der Waals surface area (Å²) >= 11 is 12.8. The summed E-state index contributed by atoms with van der Waals surface area (Å²) in [5.74, 6) is 5.65. The molecule has 0 radical (unpaired) electrons. The Hall–Kier alpha value is -4.52. The summed E-state index contributed by atoms with van der Waals surface area (Å²) in [6, 6.07) is 16.2. The second-order valence-corrected chi connectivity index (χ2v) is 10.3. The highest BCUT2D eigenvalue weighted by molar-refractivity contribution is 6.32. The molecule has 0 aliphatic heterocycles. The lowest BCUT2D eigenvalue weighted by molar-refractivity contribution is -0.116. The van der Waals surface area contributed by atoms with E-state index in [9.17, 15) is 19.2 Å². The van der Waals surface area contributed by atoms with Crippen molar-refractivity contribution in [1.29, 1.82) is 0 Å². The number of halogens is 2. The number of hydrogen-bond donors (Lipinski definition) is 1. The monoisotopic (exact) mass is 606 g/mol. The number of carbonyl (C=O) groups excluding carboxylic acids is 1. The summed E-state index contributed by atoms with van der Waals surface area (Å²) in [5.41, 5.74) is 1.47. The maximum atomic E-state index is 12.8. The first-order valence-corrected chi connectivity index (χ1v) is 13.7. The Balaban J connectivity index is 1.53. The Morgan fingerprint density at radius 3 is 2.48 bits per heavy atom. The molecule has 1 N–H and O–H groups in total. The average molecular weight is 607 g/mol. The minimum atomic E-state index is -0.715. The Bertz CT molecular complexity index is 1880. The van der Waals surface area contributed by atoms with E-state index in [1.54, 1.807) is 36.5 Å². The highest BCUT2D eigenvalue weighted by Crippen LogP contribution is 2.19. The number of carbonyl (C=O) groups is 1. The van der Waals surface area contributed by atoms with Gasteiger partial charge in [0.25, 0.3) is 11.1 Å².